The van der Waals surface area contributed by atoms with Crippen LogP contribution in [0.2, 0.25) is 0 Å². The van der Waals surface area contributed by atoms with Gasteiger partial charge in [-0.1, -0.05) is 35.5 Å². The summed E-state index contributed by atoms with van der Waals surface area (Å²) in [6.45, 7) is 4.88. The molecule has 26 heavy (non-hydrogen) atoms. The van der Waals surface area contributed by atoms with Gasteiger partial charge in [0.05, 0.1) is 5.69 Å². The van der Waals surface area contributed by atoms with E-state index in [1.807, 2.05) is 11.0 Å². The first kappa shape index (κ1) is 17.3. The van der Waals surface area contributed by atoms with Crippen LogP contribution < -0.4 is 0 Å². The molecule has 0 unspecified atom stereocenters. The second-order valence-electron chi connectivity index (χ2n) is 7.49. The zero-order valence-electron chi connectivity index (χ0n) is 15.3. The molecule has 5 nitrogen and oxygen atoms in total. The molecular formula is C21H27N3O2. The predicted molar refractivity (Wildman–Crippen MR) is 100 cm³/mol. The molecule has 1 aromatic heterocycles. The van der Waals surface area contributed by atoms with Gasteiger partial charge in [0.1, 0.15) is 0 Å². The number of nitrogens with zero attached hydrogens (tertiary/aromatic N) is 3. The lowest BCUT2D eigenvalue weighted by molar-refractivity contribution is 0.0751. The quantitative estimate of drug-likeness (QED) is 0.827. The van der Waals surface area contributed by atoms with Gasteiger partial charge in [-0.05, 0) is 44.2 Å². The first-order valence-electron chi connectivity index (χ1n) is 9.82. The van der Waals surface area contributed by atoms with Crippen LogP contribution in [0.15, 0.2) is 40.9 Å². The fourth-order valence-corrected chi connectivity index (χ4v) is 4.09. The van der Waals surface area contributed by atoms with Crippen LogP contribution in [-0.4, -0.2) is 53.6 Å². The van der Waals surface area contributed by atoms with Gasteiger partial charge in [-0.15, -0.1) is 0 Å². The Labute approximate surface area is 155 Å². The highest BCUT2D eigenvalue weighted by molar-refractivity contribution is 5.91. The van der Waals surface area contributed by atoms with E-state index in [2.05, 4.69) is 40.4 Å². The summed E-state index contributed by atoms with van der Waals surface area (Å²) in [5.74, 6) is 0.768. The normalized spacial score (nSPS) is 21.2. The third kappa shape index (κ3) is 3.98. The number of carbonyl (C=O) groups excluding carboxylic acids is 1. The van der Waals surface area contributed by atoms with Gasteiger partial charge in [-0.3, -0.25) is 4.79 Å². The third-order valence-corrected chi connectivity index (χ3v) is 5.62. The molecule has 1 aromatic carbocycles. The summed E-state index contributed by atoms with van der Waals surface area (Å²) < 4.78 is 5.40. The number of likely N-dealkylation sites (tertiary alicyclic amines) is 2. The van der Waals surface area contributed by atoms with E-state index >= 15 is 0 Å². The second kappa shape index (κ2) is 8.04. The zero-order valence-corrected chi connectivity index (χ0v) is 15.3. The van der Waals surface area contributed by atoms with Crippen LogP contribution in [0.1, 0.15) is 53.4 Å². The highest BCUT2D eigenvalue weighted by Crippen LogP contribution is 2.27. The number of benzene rings is 1. The highest BCUT2D eigenvalue weighted by atomic mass is 16.5. The number of aromatic nitrogens is 1. The monoisotopic (exact) mass is 353 g/mol. The Hall–Kier alpha value is -2.14. The predicted octanol–water partition coefficient (Wildman–Crippen LogP) is 3.33. The van der Waals surface area contributed by atoms with Gasteiger partial charge < -0.3 is 14.3 Å². The zero-order chi connectivity index (χ0) is 17.8. The number of rotatable bonds is 5. The largest absolute Gasteiger partial charge is 0.351 e. The standard InChI is InChI=1S/C21H27N3O2/c25-21(24-12-4-5-13-24)20-15-19(22-26-20)18-9-6-11-23(16-18)14-10-17-7-2-1-3-8-17/h1-3,7-8,15,18H,4-6,9-14,16H2/t18-/m0/s1. The van der Waals surface area contributed by atoms with Crippen LogP contribution in [-0.2, 0) is 6.42 Å². The Balaban J connectivity index is 1.35. The van der Waals surface area contributed by atoms with Crippen LogP contribution in [0.25, 0.3) is 0 Å². The molecule has 2 aromatic rings. The van der Waals surface area contributed by atoms with Crippen LogP contribution in [0.4, 0.5) is 0 Å². The van der Waals surface area contributed by atoms with E-state index in [4.69, 9.17) is 4.52 Å². The molecule has 2 fully saturated rings. The van der Waals surface area contributed by atoms with Crippen molar-refractivity contribution < 1.29 is 9.32 Å². The van der Waals surface area contributed by atoms with Crippen molar-refractivity contribution in [3.63, 3.8) is 0 Å². The molecule has 0 radical (unpaired) electrons. The Morgan fingerprint density at radius 3 is 2.73 bits per heavy atom. The van der Waals surface area contributed by atoms with E-state index in [-0.39, 0.29) is 5.91 Å². The van der Waals surface area contributed by atoms with Gasteiger partial charge >= 0.3 is 0 Å². The van der Waals surface area contributed by atoms with Crippen molar-refractivity contribution in [3.05, 3.63) is 53.4 Å². The van der Waals surface area contributed by atoms with Gasteiger partial charge in [0.15, 0.2) is 0 Å². The van der Waals surface area contributed by atoms with Crippen molar-refractivity contribution in [2.75, 3.05) is 32.7 Å². The van der Waals surface area contributed by atoms with E-state index < -0.39 is 0 Å². The lowest BCUT2D eigenvalue weighted by Gasteiger charge is -2.31. The molecule has 1 atom stereocenters. The molecule has 3 heterocycles. The lowest BCUT2D eigenvalue weighted by atomic mass is 9.94. The molecule has 0 bridgehead atoms. The summed E-state index contributed by atoms with van der Waals surface area (Å²) in [5.41, 5.74) is 2.33. The SMILES string of the molecule is O=C(c1cc([C@H]2CCCN(CCc3ccccc3)C2)no1)N1CCCC1. The first-order valence-corrected chi connectivity index (χ1v) is 9.82. The van der Waals surface area contributed by atoms with Crippen molar-refractivity contribution in [1.82, 2.24) is 15.0 Å². The minimum absolute atomic E-state index is 0.00186. The van der Waals surface area contributed by atoms with E-state index in [1.165, 1.54) is 12.0 Å². The Kier molecular flexibility index (Phi) is 5.34. The summed E-state index contributed by atoms with van der Waals surface area (Å²) in [7, 11) is 0. The highest BCUT2D eigenvalue weighted by Gasteiger charge is 2.27. The van der Waals surface area contributed by atoms with Crippen molar-refractivity contribution >= 4 is 5.91 Å². The summed E-state index contributed by atoms with van der Waals surface area (Å²) in [6, 6.07) is 12.5. The van der Waals surface area contributed by atoms with Gasteiger partial charge in [0.2, 0.25) is 5.76 Å². The van der Waals surface area contributed by atoms with E-state index in [9.17, 15) is 4.79 Å². The number of hydrogen-bond donors (Lipinski definition) is 0. The van der Waals surface area contributed by atoms with Crippen LogP contribution in [0, 0.1) is 0 Å². The molecule has 2 saturated heterocycles. The molecule has 0 N–H and O–H groups in total. The topological polar surface area (TPSA) is 49.6 Å². The fraction of sp³-hybridized carbons (Fsp3) is 0.524. The lowest BCUT2D eigenvalue weighted by Crippen LogP contribution is -2.35. The van der Waals surface area contributed by atoms with Crippen LogP contribution in [0.5, 0.6) is 0 Å². The Morgan fingerprint density at radius 1 is 1.12 bits per heavy atom. The molecular weight excluding hydrogens is 326 g/mol. The first-order chi connectivity index (χ1) is 12.8. The van der Waals surface area contributed by atoms with Gasteiger partial charge in [0.25, 0.3) is 5.91 Å². The number of amides is 1. The molecule has 138 valence electrons. The molecule has 0 saturated carbocycles. The molecule has 2 aliphatic heterocycles. The molecule has 0 aliphatic carbocycles. The minimum atomic E-state index is -0.00186. The van der Waals surface area contributed by atoms with Gasteiger partial charge in [-0.25, -0.2) is 0 Å². The molecule has 2 aliphatic rings. The molecule has 0 spiro atoms. The summed E-state index contributed by atoms with van der Waals surface area (Å²) in [4.78, 5) is 16.8. The third-order valence-electron chi connectivity index (χ3n) is 5.62. The molecule has 5 heteroatoms. The van der Waals surface area contributed by atoms with Crippen molar-refractivity contribution in [1.29, 1.82) is 0 Å². The maximum atomic E-state index is 12.4. The van der Waals surface area contributed by atoms with Gasteiger partial charge in [-0.2, -0.15) is 0 Å². The van der Waals surface area contributed by atoms with Crippen LogP contribution in [0.3, 0.4) is 0 Å². The summed E-state index contributed by atoms with van der Waals surface area (Å²) >= 11 is 0. The van der Waals surface area contributed by atoms with Crippen LogP contribution >= 0.6 is 0 Å². The van der Waals surface area contributed by atoms with Gasteiger partial charge in [0, 0.05) is 38.2 Å². The smallest absolute Gasteiger partial charge is 0.292 e. The van der Waals surface area contributed by atoms with E-state index in [0.717, 1.165) is 64.1 Å². The average molecular weight is 353 g/mol. The van der Waals surface area contributed by atoms with Crippen molar-refractivity contribution in [2.24, 2.45) is 0 Å². The second-order valence-corrected chi connectivity index (χ2v) is 7.49. The Morgan fingerprint density at radius 2 is 1.92 bits per heavy atom. The Bertz CT molecular complexity index is 722. The van der Waals surface area contributed by atoms with Crippen molar-refractivity contribution in [2.45, 2.75) is 38.0 Å². The number of hydrogen-bond acceptors (Lipinski definition) is 4. The van der Waals surface area contributed by atoms with Crippen molar-refractivity contribution in [3.8, 4) is 0 Å². The molecule has 4 rings (SSSR count). The van der Waals surface area contributed by atoms with E-state index in [1.54, 1.807) is 0 Å². The minimum Gasteiger partial charge on any atom is -0.351 e. The molecule has 1 amide bonds. The van der Waals surface area contributed by atoms with E-state index in [0.29, 0.717) is 11.7 Å². The summed E-state index contributed by atoms with van der Waals surface area (Å²) in [5, 5.41) is 4.24. The maximum Gasteiger partial charge on any atom is 0.292 e. The maximum absolute atomic E-state index is 12.4. The number of carbonyl (C=O) groups is 1. The summed E-state index contributed by atoms with van der Waals surface area (Å²) in [6.07, 6.45) is 5.54. The number of piperidine rings is 1. The fourth-order valence-electron chi connectivity index (χ4n) is 4.09. The average Bonchev–Trinajstić information content (AvgIpc) is 3.39.